The van der Waals surface area contributed by atoms with E-state index in [2.05, 4.69) is 5.32 Å². The smallest absolute Gasteiger partial charge is 0.405 e. The molecule has 0 aliphatic heterocycles. The zero-order valence-electron chi connectivity index (χ0n) is 8.01. The van der Waals surface area contributed by atoms with E-state index in [-0.39, 0.29) is 6.42 Å². The van der Waals surface area contributed by atoms with E-state index in [1.807, 2.05) is 16.8 Å². The minimum atomic E-state index is -1.26. The molecule has 1 aromatic rings. The fourth-order valence-corrected chi connectivity index (χ4v) is 1.96. The molecule has 1 heterocycles. The predicted molar refractivity (Wildman–Crippen MR) is 56.1 cm³/mol. The maximum absolute atomic E-state index is 10.5. The number of rotatable bonds is 5. The molecule has 0 saturated heterocycles. The Labute approximate surface area is 91.0 Å². The van der Waals surface area contributed by atoms with Gasteiger partial charge < -0.3 is 20.6 Å². The van der Waals surface area contributed by atoms with Crippen LogP contribution in [0.1, 0.15) is 5.56 Å². The Balaban J connectivity index is 2.76. The van der Waals surface area contributed by atoms with Gasteiger partial charge in [0.1, 0.15) is 0 Å². The highest BCUT2D eigenvalue weighted by atomic mass is 32.1. The van der Waals surface area contributed by atoms with E-state index in [0.29, 0.717) is 0 Å². The van der Waals surface area contributed by atoms with Crippen LogP contribution in [-0.4, -0.2) is 40.2 Å². The number of thiophene rings is 1. The summed E-state index contributed by atoms with van der Waals surface area (Å²) in [7, 11) is 0. The van der Waals surface area contributed by atoms with Crippen molar-refractivity contribution in [3.8, 4) is 0 Å². The van der Waals surface area contributed by atoms with E-state index in [0.717, 1.165) is 5.56 Å². The number of hydrogen-bond acceptors (Lipinski definition) is 4. The number of amides is 1. The standard InChI is InChI=1S/C9H13NO4S/c11-5-9(6-12,10-8(13)14)3-7-1-2-15-4-7/h1-2,4,10-12H,3,5-6H2,(H,13,14). The van der Waals surface area contributed by atoms with Crippen LogP contribution in [0.3, 0.4) is 0 Å². The van der Waals surface area contributed by atoms with Crippen LogP contribution in [0.25, 0.3) is 0 Å². The summed E-state index contributed by atoms with van der Waals surface area (Å²) >= 11 is 1.48. The Morgan fingerprint density at radius 1 is 1.47 bits per heavy atom. The first-order chi connectivity index (χ1) is 7.12. The number of nitrogens with one attached hydrogen (secondary N) is 1. The van der Waals surface area contributed by atoms with Gasteiger partial charge in [-0.15, -0.1) is 0 Å². The maximum atomic E-state index is 10.5. The van der Waals surface area contributed by atoms with Crippen molar-refractivity contribution in [1.29, 1.82) is 0 Å². The van der Waals surface area contributed by atoms with Crippen LogP contribution in [0.5, 0.6) is 0 Å². The molecule has 6 heteroatoms. The second-order valence-electron chi connectivity index (χ2n) is 3.34. The molecule has 1 aromatic heterocycles. The van der Waals surface area contributed by atoms with E-state index >= 15 is 0 Å². The molecule has 0 atom stereocenters. The molecule has 0 saturated carbocycles. The topological polar surface area (TPSA) is 89.8 Å². The summed E-state index contributed by atoms with van der Waals surface area (Å²) in [6, 6.07) is 1.83. The second kappa shape index (κ2) is 5.11. The van der Waals surface area contributed by atoms with Gasteiger partial charge in [0, 0.05) is 6.42 Å². The molecular formula is C9H13NO4S. The molecule has 0 radical (unpaired) electrons. The third-order valence-electron chi connectivity index (χ3n) is 2.10. The molecule has 1 amide bonds. The maximum Gasteiger partial charge on any atom is 0.405 e. The van der Waals surface area contributed by atoms with E-state index in [1.165, 1.54) is 11.3 Å². The summed E-state index contributed by atoms with van der Waals surface area (Å²) in [4.78, 5) is 10.5. The van der Waals surface area contributed by atoms with Crippen LogP contribution in [0.15, 0.2) is 16.8 Å². The largest absolute Gasteiger partial charge is 0.465 e. The van der Waals surface area contributed by atoms with Gasteiger partial charge in [0.15, 0.2) is 0 Å². The molecule has 0 aliphatic carbocycles. The quantitative estimate of drug-likeness (QED) is 0.586. The molecule has 84 valence electrons. The lowest BCUT2D eigenvalue weighted by Crippen LogP contribution is -2.55. The molecule has 4 N–H and O–H groups in total. The molecule has 5 nitrogen and oxygen atoms in total. The van der Waals surface area contributed by atoms with Crippen LogP contribution in [-0.2, 0) is 6.42 Å². The van der Waals surface area contributed by atoms with E-state index in [1.54, 1.807) is 0 Å². The minimum Gasteiger partial charge on any atom is -0.465 e. The van der Waals surface area contributed by atoms with Gasteiger partial charge in [-0.05, 0) is 22.4 Å². The highest BCUT2D eigenvalue weighted by Gasteiger charge is 2.31. The monoisotopic (exact) mass is 231 g/mol. The van der Waals surface area contributed by atoms with Gasteiger partial charge in [-0.2, -0.15) is 11.3 Å². The van der Waals surface area contributed by atoms with Crippen LogP contribution in [0.2, 0.25) is 0 Å². The van der Waals surface area contributed by atoms with Crippen LogP contribution >= 0.6 is 11.3 Å². The van der Waals surface area contributed by atoms with Crippen LogP contribution in [0, 0.1) is 0 Å². The van der Waals surface area contributed by atoms with Gasteiger partial charge in [-0.25, -0.2) is 4.79 Å². The van der Waals surface area contributed by atoms with Crippen LogP contribution < -0.4 is 5.32 Å². The Hall–Kier alpha value is -1.11. The SMILES string of the molecule is O=C(O)NC(CO)(CO)Cc1ccsc1. The van der Waals surface area contributed by atoms with Gasteiger partial charge in [0.2, 0.25) is 0 Å². The molecule has 0 bridgehead atoms. The number of carbonyl (C=O) groups is 1. The molecule has 1 rings (SSSR count). The van der Waals surface area contributed by atoms with Gasteiger partial charge in [-0.1, -0.05) is 0 Å². The average molecular weight is 231 g/mol. The first-order valence-corrected chi connectivity index (χ1v) is 5.30. The summed E-state index contributed by atoms with van der Waals surface area (Å²) in [6.45, 7) is -0.878. The molecule has 0 aromatic carbocycles. The van der Waals surface area contributed by atoms with E-state index in [9.17, 15) is 4.79 Å². The summed E-state index contributed by atoms with van der Waals surface area (Å²) in [5.41, 5.74) is -0.316. The first-order valence-electron chi connectivity index (χ1n) is 4.36. The molecule has 15 heavy (non-hydrogen) atoms. The molecule has 0 unspecified atom stereocenters. The van der Waals surface area contributed by atoms with Crippen LogP contribution in [0.4, 0.5) is 4.79 Å². The number of aliphatic hydroxyl groups excluding tert-OH is 2. The molecular weight excluding hydrogens is 218 g/mol. The predicted octanol–water partition coefficient (Wildman–Crippen LogP) is 0.282. The summed E-state index contributed by atoms with van der Waals surface area (Å²) < 4.78 is 0. The van der Waals surface area contributed by atoms with Gasteiger partial charge in [-0.3, -0.25) is 0 Å². The van der Waals surface area contributed by atoms with E-state index in [4.69, 9.17) is 15.3 Å². The molecule has 0 fully saturated rings. The lowest BCUT2D eigenvalue weighted by Gasteiger charge is -2.29. The minimum absolute atomic E-state index is 0.274. The zero-order valence-corrected chi connectivity index (χ0v) is 8.83. The van der Waals surface area contributed by atoms with Crippen molar-refractivity contribution in [1.82, 2.24) is 5.32 Å². The van der Waals surface area contributed by atoms with Gasteiger partial charge >= 0.3 is 6.09 Å². The van der Waals surface area contributed by atoms with Gasteiger partial charge in [0.05, 0.1) is 18.8 Å². The molecule has 0 aliphatic rings. The summed E-state index contributed by atoms with van der Waals surface area (Å²) in [5, 5.41) is 32.8. The lowest BCUT2D eigenvalue weighted by atomic mass is 9.94. The molecule has 0 spiro atoms. The Bertz CT molecular complexity index is 308. The Morgan fingerprint density at radius 2 is 2.13 bits per heavy atom. The third kappa shape index (κ3) is 3.19. The van der Waals surface area contributed by atoms with Crippen molar-refractivity contribution < 1.29 is 20.1 Å². The first kappa shape index (κ1) is 12.0. The normalized spacial score (nSPS) is 11.3. The highest BCUT2D eigenvalue weighted by Crippen LogP contribution is 2.15. The Morgan fingerprint density at radius 3 is 2.53 bits per heavy atom. The zero-order chi connectivity index (χ0) is 11.3. The summed E-state index contributed by atoms with van der Waals surface area (Å²) in [5.74, 6) is 0. The van der Waals surface area contributed by atoms with Crippen molar-refractivity contribution in [3.63, 3.8) is 0 Å². The van der Waals surface area contributed by atoms with Crippen molar-refractivity contribution >= 4 is 17.4 Å². The lowest BCUT2D eigenvalue weighted by molar-refractivity contribution is 0.0863. The summed E-state index contributed by atoms with van der Waals surface area (Å²) in [6.07, 6.45) is -0.983. The van der Waals surface area contributed by atoms with Crippen molar-refractivity contribution in [3.05, 3.63) is 22.4 Å². The Kier molecular flexibility index (Phi) is 4.07. The number of carboxylic acid groups (broad SMARTS) is 1. The third-order valence-corrected chi connectivity index (χ3v) is 2.83. The fraction of sp³-hybridized carbons (Fsp3) is 0.444. The number of aliphatic hydroxyl groups is 2. The van der Waals surface area contributed by atoms with Crippen molar-refractivity contribution in [2.24, 2.45) is 0 Å². The highest BCUT2D eigenvalue weighted by molar-refractivity contribution is 7.07. The van der Waals surface area contributed by atoms with Crippen molar-refractivity contribution in [2.45, 2.75) is 12.0 Å². The van der Waals surface area contributed by atoms with E-state index < -0.39 is 24.8 Å². The second-order valence-corrected chi connectivity index (χ2v) is 4.12. The number of hydrogen-bond donors (Lipinski definition) is 4. The average Bonchev–Trinajstić information content (AvgIpc) is 2.68. The van der Waals surface area contributed by atoms with Crippen molar-refractivity contribution in [2.75, 3.05) is 13.2 Å². The van der Waals surface area contributed by atoms with Gasteiger partial charge in [0.25, 0.3) is 0 Å². The fourth-order valence-electron chi connectivity index (χ4n) is 1.30.